The fraction of sp³-hybridized carbons (Fsp3) is 0.240. The molecular weight excluding hydrogens is 395 g/mol. The van der Waals surface area contributed by atoms with Gasteiger partial charge in [-0.3, -0.25) is 0 Å². The minimum atomic E-state index is -0.525. The van der Waals surface area contributed by atoms with Gasteiger partial charge in [-0.05, 0) is 83.5 Å². The van der Waals surface area contributed by atoms with E-state index in [0.29, 0.717) is 6.42 Å². The van der Waals surface area contributed by atoms with Crippen molar-refractivity contribution >= 4 is 27.5 Å². The Morgan fingerprint density at radius 2 is 1.97 bits per heavy atom. The van der Waals surface area contributed by atoms with Gasteiger partial charge in [0.2, 0.25) is 0 Å². The lowest BCUT2D eigenvalue weighted by Gasteiger charge is -2.36. The van der Waals surface area contributed by atoms with Crippen molar-refractivity contribution in [2.75, 3.05) is 0 Å². The number of halogens is 1. The van der Waals surface area contributed by atoms with E-state index in [1.165, 1.54) is 22.4 Å². The molecule has 30 heavy (non-hydrogen) atoms. The predicted molar refractivity (Wildman–Crippen MR) is 120 cm³/mol. The summed E-state index contributed by atoms with van der Waals surface area (Å²) >= 11 is 1.68. The highest BCUT2D eigenvalue weighted by atomic mass is 32.1. The van der Waals surface area contributed by atoms with Crippen molar-refractivity contribution < 1.29 is 9.50 Å². The molecule has 2 heterocycles. The van der Waals surface area contributed by atoms with Gasteiger partial charge in [0.25, 0.3) is 0 Å². The van der Waals surface area contributed by atoms with Gasteiger partial charge in [-0.2, -0.15) is 5.10 Å². The van der Waals surface area contributed by atoms with Crippen LogP contribution in [0.3, 0.4) is 0 Å². The third-order valence-corrected chi connectivity index (χ3v) is 7.34. The summed E-state index contributed by atoms with van der Waals surface area (Å²) in [7, 11) is 0. The second-order valence-corrected chi connectivity index (χ2v) is 9.33. The van der Waals surface area contributed by atoms with Gasteiger partial charge >= 0.3 is 0 Å². The molecule has 0 saturated carbocycles. The number of fused-ring (bicyclic) bond motifs is 2. The average molecular weight is 419 g/mol. The number of hydrogen-bond acceptors (Lipinski definition) is 3. The maximum atomic E-state index is 13.3. The van der Waals surface area contributed by atoms with Gasteiger partial charge in [0, 0.05) is 4.70 Å². The highest BCUT2D eigenvalue weighted by Crippen LogP contribution is 2.45. The fourth-order valence-electron chi connectivity index (χ4n) is 4.44. The monoisotopic (exact) mass is 418 g/mol. The van der Waals surface area contributed by atoms with Crippen LogP contribution in [0.4, 0.5) is 4.39 Å². The molecule has 0 fully saturated rings. The van der Waals surface area contributed by atoms with Gasteiger partial charge in [-0.15, -0.1) is 11.3 Å². The van der Waals surface area contributed by atoms with E-state index in [0.717, 1.165) is 34.3 Å². The Morgan fingerprint density at radius 1 is 1.20 bits per heavy atom. The zero-order valence-corrected chi connectivity index (χ0v) is 17.8. The molecule has 1 N–H and O–H groups in total. The Bertz CT molecular complexity index is 1250. The number of allylic oxidation sites excluding steroid dienone is 1. The molecule has 0 aliphatic heterocycles. The van der Waals surface area contributed by atoms with E-state index in [1.54, 1.807) is 23.5 Å². The zero-order chi connectivity index (χ0) is 20.9. The molecule has 1 aliphatic carbocycles. The van der Waals surface area contributed by atoms with Crippen molar-refractivity contribution in [2.45, 2.75) is 32.8 Å². The summed E-state index contributed by atoms with van der Waals surface area (Å²) < 4.78 is 16.4. The molecule has 5 rings (SSSR count). The Morgan fingerprint density at radius 3 is 2.77 bits per heavy atom. The molecule has 2 aromatic carbocycles. The van der Waals surface area contributed by atoms with Crippen molar-refractivity contribution in [3.8, 4) is 5.69 Å². The van der Waals surface area contributed by atoms with Crippen LogP contribution in [-0.2, 0) is 6.42 Å². The summed E-state index contributed by atoms with van der Waals surface area (Å²) in [6, 6.07) is 14.6. The minimum Gasteiger partial charge on any atom is -0.388 e. The number of thiophene rings is 1. The fourth-order valence-corrected chi connectivity index (χ4v) is 5.44. The molecule has 0 bridgehead atoms. The van der Waals surface area contributed by atoms with Crippen LogP contribution in [0.1, 0.15) is 43.2 Å². The summed E-state index contributed by atoms with van der Waals surface area (Å²) in [6.45, 7) is 4.35. The van der Waals surface area contributed by atoms with Gasteiger partial charge in [-0.25, -0.2) is 9.07 Å². The third-order valence-electron chi connectivity index (χ3n) is 6.36. The zero-order valence-electron chi connectivity index (χ0n) is 17.0. The SMILES string of the molecule is CC1=Cc2c(cnn2-c2ccc(F)cc2)C[C@@]1(C)CC(O)c1csc2ccccc12. The molecule has 0 saturated heterocycles. The lowest BCUT2D eigenvalue weighted by molar-refractivity contribution is 0.122. The van der Waals surface area contributed by atoms with Crippen LogP contribution in [0.5, 0.6) is 0 Å². The number of rotatable bonds is 4. The minimum absolute atomic E-state index is 0.161. The quantitative estimate of drug-likeness (QED) is 0.421. The van der Waals surface area contributed by atoms with E-state index in [9.17, 15) is 9.50 Å². The molecule has 0 amide bonds. The molecule has 1 aliphatic rings. The topological polar surface area (TPSA) is 38.0 Å². The van der Waals surface area contributed by atoms with E-state index in [-0.39, 0.29) is 11.2 Å². The number of benzene rings is 2. The van der Waals surface area contributed by atoms with E-state index in [4.69, 9.17) is 0 Å². The molecule has 4 aromatic rings. The summed E-state index contributed by atoms with van der Waals surface area (Å²) in [4.78, 5) is 0. The predicted octanol–water partition coefficient (Wildman–Crippen LogP) is 6.32. The van der Waals surface area contributed by atoms with Crippen molar-refractivity contribution in [1.82, 2.24) is 9.78 Å². The number of aliphatic hydroxyl groups is 1. The highest BCUT2D eigenvalue weighted by Gasteiger charge is 2.35. The van der Waals surface area contributed by atoms with Crippen LogP contribution in [-0.4, -0.2) is 14.9 Å². The van der Waals surface area contributed by atoms with Crippen LogP contribution in [0.2, 0.25) is 0 Å². The van der Waals surface area contributed by atoms with E-state index < -0.39 is 6.10 Å². The van der Waals surface area contributed by atoms with Crippen LogP contribution in [0.15, 0.2) is 65.7 Å². The first kappa shape index (κ1) is 19.2. The number of aromatic nitrogens is 2. The van der Waals surface area contributed by atoms with Gasteiger partial charge < -0.3 is 5.11 Å². The molecule has 0 radical (unpaired) electrons. The first-order chi connectivity index (χ1) is 14.4. The number of hydrogen-bond donors (Lipinski definition) is 1. The van der Waals surface area contributed by atoms with Crippen LogP contribution >= 0.6 is 11.3 Å². The molecule has 5 heteroatoms. The maximum Gasteiger partial charge on any atom is 0.123 e. The first-order valence-electron chi connectivity index (χ1n) is 10.1. The highest BCUT2D eigenvalue weighted by molar-refractivity contribution is 7.17. The van der Waals surface area contributed by atoms with Gasteiger partial charge in [0.05, 0.1) is 23.7 Å². The van der Waals surface area contributed by atoms with Gasteiger partial charge in [0.1, 0.15) is 5.82 Å². The van der Waals surface area contributed by atoms with Crippen LogP contribution < -0.4 is 0 Å². The molecule has 1 unspecified atom stereocenters. The maximum absolute atomic E-state index is 13.3. The van der Waals surface area contributed by atoms with Crippen LogP contribution in [0, 0.1) is 11.2 Å². The summed E-state index contributed by atoms with van der Waals surface area (Å²) in [5, 5.41) is 18.9. The molecule has 2 aromatic heterocycles. The van der Waals surface area contributed by atoms with Crippen molar-refractivity contribution in [1.29, 1.82) is 0 Å². The van der Waals surface area contributed by atoms with Crippen molar-refractivity contribution in [2.24, 2.45) is 5.41 Å². The normalized spacial score (nSPS) is 19.5. The lowest BCUT2D eigenvalue weighted by Crippen LogP contribution is -2.27. The van der Waals surface area contributed by atoms with Crippen molar-refractivity contribution in [3.63, 3.8) is 0 Å². The van der Waals surface area contributed by atoms with E-state index >= 15 is 0 Å². The van der Waals surface area contributed by atoms with E-state index in [2.05, 4.69) is 42.5 Å². The van der Waals surface area contributed by atoms with E-state index in [1.807, 2.05) is 23.0 Å². The lowest BCUT2D eigenvalue weighted by atomic mass is 9.70. The largest absolute Gasteiger partial charge is 0.388 e. The molecule has 0 spiro atoms. The van der Waals surface area contributed by atoms with Crippen molar-refractivity contribution in [3.05, 3.63) is 88.3 Å². The summed E-state index contributed by atoms with van der Waals surface area (Å²) in [5.41, 5.74) is 5.10. The molecule has 2 atom stereocenters. The third kappa shape index (κ3) is 3.18. The Hall–Kier alpha value is -2.76. The van der Waals surface area contributed by atoms with Gasteiger partial charge in [0.15, 0.2) is 0 Å². The second-order valence-electron chi connectivity index (χ2n) is 8.42. The average Bonchev–Trinajstić information content (AvgIpc) is 3.33. The second kappa shape index (κ2) is 7.18. The molecular formula is C25H23FN2OS. The summed E-state index contributed by atoms with van der Waals surface area (Å²) in [6.07, 6.45) is 4.99. The van der Waals surface area contributed by atoms with Gasteiger partial charge in [-0.1, -0.05) is 30.7 Å². The Balaban J connectivity index is 1.45. The summed E-state index contributed by atoms with van der Waals surface area (Å²) in [5.74, 6) is -0.256. The Kier molecular flexibility index (Phi) is 4.60. The number of aliphatic hydroxyl groups excluding tert-OH is 1. The van der Waals surface area contributed by atoms with Crippen LogP contribution in [0.25, 0.3) is 21.8 Å². The molecule has 3 nitrogen and oxygen atoms in total. The first-order valence-corrected chi connectivity index (χ1v) is 11.0. The standard InChI is InChI=1S/C25H23FN2OS/c1-16-11-22-17(14-27-28(22)19-9-7-18(26)8-10-19)12-25(16,2)13-23(29)21-15-30-24-6-4-3-5-20(21)24/h3-11,14-15,23,29H,12-13H2,1-2H3/t23?,25-/m0/s1. The smallest absolute Gasteiger partial charge is 0.123 e. The number of nitrogens with zero attached hydrogens (tertiary/aromatic N) is 2. The Labute approximate surface area is 179 Å². The molecule has 152 valence electrons.